The first kappa shape index (κ1) is 23.3. The van der Waals surface area contributed by atoms with Crippen molar-refractivity contribution in [3.8, 4) is 17.2 Å². The van der Waals surface area contributed by atoms with Crippen LogP contribution < -0.4 is 9.47 Å². The number of unbranched alkanes of at least 4 members (excludes halogenated alkanes) is 2. The van der Waals surface area contributed by atoms with E-state index >= 15 is 0 Å². The summed E-state index contributed by atoms with van der Waals surface area (Å²) in [6.07, 6.45) is 9.74. The molecule has 0 heterocycles. The number of aldehydes is 1. The number of phenolic OH excluding ortho intramolecular Hbond substituents is 1. The monoisotopic (exact) mass is 378 g/mol. The van der Waals surface area contributed by atoms with Crippen LogP contribution in [0.4, 0.5) is 0 Å². The molecule has 0 saturated heterocycles. The molecule has 27 heavy (non-hydrogen) atoms. The Hall–Kier alpha value is -1.71. The zero-order valence-corrected chi connectivity index (χ0v) is 17.6. The Morgan fingerprint density at radius 1 is 0.889 bits per heavy atom. The van der Waals surface area contributed by atoms with Crippen LogP contribution in [0.2, 0.25) is 0 Å². The van der Waals surface area contributed by atoms with Gasteiger partial charge in [0.25, 0.3) is 0 Å². The summed E-state index contributed by atoms with van der Waals surface area (Å²) in [5, 5.41) is 10.1. The fourth-order valence-corrected chi connectivity index (χ4v) is 3.15. The van der Waals surface area contributed by atoms with Crippen molar-refractivity contribution in [3.05, 3.63) is 17.7 Å². The molecular formula is C23H38O4. The molecule has 0 aliphatic rings. The lowest BCUT2D eigenvalue weighted by molar-refractivity contribution is 0.111. The van der Waals surface area contributed by atoms with E-state index in [0.29, 0.717) is 42.1 Å². The normalized spacial score (nSPS) is 13.2. The van der Waals surface area contributed by atoms with E-state index in [4.69, 9.17) is 9.47 Å². The number of hydrogen-bond acceptors (Lipinski definition) is 4. The third-order valence-corrected chi connectivity index (χ3v) is 5.24. The molecule has 0 fully saturated rings. The smallest absolute Gasteiger partial charge is 0.157 e. The molecule has 0 spiro atoms. The first-order chi connectivity index (χ1) is 13.1. The topological polar surface area (TPSA) is 55.8 Å². The standard InChI is InChI=1S/C23H38O4/c1-5-9-11-18(7-3)16-26-22-13-20(25)14-23(21(22)15-24)27-17-19(8-4)12-10-6-2/h13-15,18-19,25H,5-12,16-17H2,1-4H3. The van der Waals surface area contributed by atoms with Gasteiger partial charge in [0.1, 0.15) is 17.2 Å². The van der Waals surface area contributed by atoms with Crippen LogP contribution in [0, 0.1) is 11.8 Å². The molecule has 1 N–H and O–H groups in total. The van der Waals surface area contributed by atoms with Crippen molar-refractivity contribution in [2.45, 2.75) is 79.1 Å². The van der Waals surface area contributed by atoms with Crippen molar-refractivity contribution in [1.29, 1.82) is 0 Å². The Morgan fingerprint density at radius 3 is 1.67 bits per heavy atom. The van der Waals surface area contributed by atoms with Gasteiger partial charge in [-0.25, -0.2) is 0 Å². The zero-order chi connectivity index (χ0) is 20.1. The van der Waals surface area contributed by atoms with Crippen LogP contribution in [-0.2, 0) is 0 Å². The molecule has 0 bridgehead atoms. The number of rotatable bonds is 15. The maximum absolute atomic E-state index is 11.7. The summed E-state index contributed by atoms with van der Waals surface area (Å²) in [5.74, 6) is 1.80. The third kappa shape index (κ3) is 8.23. The van der Waals surface area contributed by atoms with Crippen LogP contribution in [0.5, 0.6) is 17.2 Å². The highest BCUT2D eigenvalue weighted by Gasteiger charge is 2.16. The van der Waals surface area contributed by atoms with E-state index in [2.05, 4.69) is 27.7 Å². The van der Waals surface area contributed by atoms with E-state index in [0.717, 1.165) is 44.8 Å². The molecule has 4 heteroatoms. The van der Waals surface area contributed by atoms with Gasteiger partial charge in [-0.3, -0.25) is 4.79 Å². The predicted octanol–water partition coefficient (Wildman–Crippen LogP) is 6.40. The van der Waals surface area contributed by atoms with Crippen LogP contribution in [0.15, 0.2) is 12.1 Å². The van der Waals surface area contributed by atoms with E-state index in [9.17, 15) is 9.90 Å². The minimum atomic E-state index is 0.0637. The summed E-state index contributed by atoms with van der Waals surface area (Å²) < 4.78 is 11.9. The summed E-state index contributed by atoms with van der Waals surface area (Å²) in [6.45, 7) is 9.77. The third-order valence-electron chi connectivity index (χ3n) is 5.24. The van der Waals surface area contributed by atoms with E-state index in [1.54, 1.807) is 0 Å². The second kappa shape index (κ2) is 13.5. The van der Waals surface area contributed by atoms with Gasteiger partial charge in [-0.15, -0.1) is 0 Å². The van der Waals surface area contributed by atoms with Gasteiger partial charge < -0.3 is 14.6 Å². The van der Waals surface area contributed by atoms with Crippen molar-refractivity contribution >= 4 is 6.29 Å². The number of carbonyl (C=O) groups is 1. The van der Waals surface area contributed by atoms with Crippen LogP contribution >= 0.6 is 0 Å². The summed E-state index contributed by atoms with van der Waals surface area (Å²) in [7, 11) is 0. The second-order valence-electron chi connectivity index (χ2n) is 7.43. The minimum Gasteiger partial charge on any atom is -0.508 e. The summed E-state index contributed by atoms with van der Waals surface area (Å²) in [5.41, 5.74) is 0.392. The van der Waals surface area contributed by atoms with Gasteiger partial charge in [-0.1, -0.05) is 66.2 Å². The van der Waals surface area contributed by atoms with Crippen molar-refractivity contribution < 1.29 is 19.4 Å². The molecule has 0 radical (unpaired) electrons. The number of hydrogen-bond donors (Lipinski definition) is 1. The van der Waals surface area contributed by atoms with Gasteiger partial charge in [0.05, 0.1) is 18.8 Å². The largest absolute Gasteiger partial charge is 0.508 e. The Balaban J connectivity index is 2.83. The average molecular weight is 379 g/mol. The maximum atomic E-state index is 11.7. The second-order valence-corrected chi connectivity index (χ2v) is 7.43. The molecule has 1 aromatic carbocycles. The highest BCUT2D eigenvalue weighted by molar-refractivity contribution is 5.84. The van der Waals surface area contributed by atoms with Crippen molar-refractivity contribution in [2.75, 3.05) is 13.2 Å². The predicted molar refractivity (Wildman–Crippen MR) is 111 cm³/mol. The van der Waals surface area contributed by atoms with Crippen LogP contribution in [0.25, 0.3) is 0 Å². The number of aromatic hydroxyl groups is 1. The van der Waals surface area contributed by atoms with Gasteiger partial charge in [0.15, 0.2) is 6.29 Å². The molecule has 154 valence electrons. The lowest BCUT2D eigenvalue weighted by atomic mass is 10.0. The Morgan fingerprint density at radius 2 is 1.33 bits per heavy atom. The molecule has 2 atom stereocenters. The highest BCUT2D eigenvalue weighted by Crippen LogP contribution is 2.33. The number of ether oxygens (including phenoxy) is 2. The lowest BCUT2D eigenvalue weighted by Gasteiger charge is -2.20. The summed E-state index contributed by atoms with van der Waals surface area (Å²) in [6, 6.07) is 3.02. The lowest BCUT2D eigenvalue weighted by Crippen LogP contribution is -2.14. The molecule has 1 rings (SSSR count). The Kier molecular flexibility index (Phi) is 11.6. The first-order valence-corrected chi connectivity index (χ1v) is 10.7. The maximum Gasteiger partial charge on any atom is 0.157 e. The van der Waals surface area contributed by atoms with Crippen molar-refractivity contribution in [2.24, 2.45) is 11.8 Å². The number of phenols is 1. The molecule has 0 saturated carbocycles. The molecule has 0 aliphatic carbocycles. The number of benzene rings is 1. The van der Waals surface area contributed by atoms with Crippen LogP contribution in [-0.4, -0.2) is 24.6 Å². The molecule has 0 aliphatic heterocycles. The van der Waals surface area contributed by atoms with Crippen molar-refractivity contribution in [3.63, 3.8) is 0 Å². The van der Waals surface area contributed by atoms with Gasteiger partial charge in [-0.05, 0) is 24.7 Å². The van der Waals surface area contributed by atoms with E-state index in [-0.39, 0.29) is 5.75 Å². The first-order valence-electron chi connectivity index (χ1n) is 10.7. The minimum absolute atomic E-state index is 0.0637. The highest BCUT2D eigenvalue weighted by atomic mass is 16.5. The van der Waals surface area contributed by atoms with Gasteiger partial charge in [0.2, 0.25) is 0 Å². The Bertz CT molecular complexity index is 500. The van der Waals surface area contributed by atoms with Crippen LogP contribution in [0.3, 0.4) is 0 Å². The fourth-order valence-electron chi connectivity index (χ4n) is 3.15. The van der Waals surface area contributed by atoms with E-state index in [1.807, 2.05) is 0 Å². The molecule has 0 aromatic heterocycles. The van der Waals surface area contributed by atoms with E-state index in [1.165, 1.54) is 25.0 Å². The van der Waals surface area contributed by atoms with Crippen molar-refractivity contribution in [1.82, 2.24) is 0 Å². The SMILES string of the molecule is CCCCC(CC)COc1cc(O)cc(OCC(CC)CCCC)c1C=O. The summed E-state index contributed by atoms with van der Waals surface area (Å²) in [4.78, 5) is 11.7. The summed E-state index contributed by atoms with van der Waals surface area (Å²) >= 11 is 0. The Labute approximate surface area is 165 Å². The van der Waals surface area contributed by atoms with Crippen LogP contribution in [0.1, 0.15) is 89.4 Å². The molecular weight excluding hydrogens is 340 g/mol. The molecule has 1 aromatic rings. The van der Waals surface area contributed by atoms with E-state index < -0.39 is 0 Å². The molecule has 4 nitrogen and oxygen atoms in total. The molecule has 2 unspecified atom stereocenters. The van der Waals surface area contributed by atoms with Gasteiger partial charge in [0, 0.05) is 12.1 Å². The quantitative estimate of drug-likeness (QED) is 0.359. The fraction of sp³-hybridized carbons (Fsp3) is 0.696. The van der Waals surface area contributed by atoms with Gasteiger partial charge >= 0.3 is 0 Å². The molecule has 0 amide bonds. The zero-order valence-electron chi connectivity index (χ0n) is 17.6. The average Bonchev–Trinajstić information content (AvgIpc) is 2.68. The number of carbonyl (C=O) groups excluding carboxylic acids is 1. The van der Waals surface area contributed by atoms with Gasteiger partial charge in [-0.2, -0.15) is 0 Å².